The van der Waals surface area contributed by atoms with Gasteiger partial charge in [-0.3, -0.25) is 0 Å². The highest BCUT2D eigenvalue weighted by Crippen LogP contribution is 2.36. The summed E-state index contributed by atoms with van der Waals surface area (Å²) in [5.41, 5.74) is 0.958. The van der Waals surface area contributed by atoms with E-state index in [1.807, 2.05) is 13.0 Å². The molecule has 0 amide bonds. The number of ether oxygens (including phenoxy) is 2. The van der Waals surface area contributed by atoms with Crippen LogP contribution in [0.3, 0.4) is 0 Å². The maximum atomic E-state index is 13.9. The van der Waals surface area contributed by atoms with Gasteiger partial charge in [0, 0.05) is 10.9 Å². The summed E-state index contributed by atoms with van der Waals surface area (Å²) in [6.45, 7) is 2.42. The van der Waals surface area contributed by atoms with Crippen LogP contribution < -0.4 is 9.47 Å². The van der Waals surface area contributed by atoms with Gasteiger partial charge in [0.1, 0.15) is 16.6 Å². The largest absolute Gasteiger partial charge is 0.493 e. The summed E-state index contributed by atoms with van der Waals surface area (Å²) in [6.07, 6.45) is 0. The zero-order chi connectivity index (χ0) is 17.1. The Labute approximate surface area is 142 Å². The number of hydrogen-bond acceptors (Lipinski definition) is 4. The molecule has 0 unspecified atom stereocenters. The fraction of sp³-hybridized carbons (Fsp3) is 0.167. The molecule has 0 fully saturated rings. The number of rotatable bonds is 5. The van der Waals surface area contributed by atoms with Crippen LogP contribution in [-0.4, -0.2) is 18.7 Å². The van der Waals surface area contributed by atoms with Crippen molar-refractivity contribution in [2.24, 2.45) is 0 Å². The number of methoxy groups -OCH3 is 1. The first-order valence-electron chi connectivity index (χ1n) is 7.35. The van der Waals surface area contributed by atoms with Crippen molar-refractivity contribution in [1.82, 2.24) is 4.98 Å². The molecule has 0 saturated carbocycles. The Balaban J connectivity index is 1.99. The minimum absolute atomic E-state index is 0.113. The smallest absolute Gasteiger partial charge is 0.161 e. The SMILES string of the molecule is CCOc1ccc(-c2nc(-c3c(F)cccc3F)cs2)cc1OC. The van der Waals surface area contributed by atoms with Gasteiger partial charge in [-0.25, -0.2) is 13.8 Å². The molecule has 24 heavy (non-hydrogen) atoms. The number of benzene rings is 2. The Kier molecular flexibility index (Phi) is 4.76. The molecule has 124 valence electrons. The third kappa shape index (κ3) is 3.10. The van der Waals surface area contributed by atoms with Crippen molar-refractivity contribution in [3.8, 4) is 33.3 Å². The Morgan fingerprint density at radius 2 is 1.83 bits per heavy atom. The van der Waals surface area contributed by atoms with E-state index in [0.29, 0.717) is 23.1 Å². The minimum Gasteiger partial charge on any atom is -0.493 e. The number of aromatic nitrogens is 1. The van der Waals surface area contributed by atoms with Crippen molar-refractivity contribution in [3.05, 3.63) is 53.4 Å². The zero-order valence-corrected chi connectivity index (χ0v) is 14.0. The van der Waals surface area contributed by atoms with Crippen LogP contribution in [-0.2, 0) is 0 Å². The van der Waals surface area contributed by atoms with Gasteiger partial charge in [-0.05, 0) is 37.3 Å². The molecule has 3 aromatic rings. The molecule has 6 heteroatoms. The van der Waals surface area contributed by atoms with Crippen LogP contribution in [0.5, 0.6) is 11.5 Å². The van der Waals surface area contributed by atoms with E-state index in [2.05, 4.69) is 4.98 Å². The number of halogens is 2. The molecule has 2 aromatic carbocycles. The second-order valence-electron chi connectivity index (χ2n) is 4.93. The van der Waals surface area contributed by atoms with Gasteiger partial charge >= 0.3 is 0 Å². The highest BCUT2D eigenvalue weighted by molar-refractivity contribution is 7.13. The summed E-state index contributed by atoms with van der Waals surface area (Å²) in [6, 6.07) is 9.20. The normalized spacial score (nSPS) is 10.7. The molecule has 0 aliphatic heterocycles. The second-order valence-corrected chi connectivity index (χ2v) is 5.79. The monoisotopic (exact) mass is 347 g/mol. The van der Waals surface area contributed by atoms with E-state index in [9.17, 15) is 8.78 Å². The Morgan fingerprint density at radius 3 is 2.50 bits per heavy atom. The van der Waals surface area contributed by atoms with Gasteiger partial charge < -0.3 is 9.47 Å². The van der Waals surface area contributed by atoms with Gasteiger partial charge in [0.2, 0.25) is 0 Å². The molecule has 0 aliphatic carbocycles. The van der Waals surface area contributed by atoms with Crippen LogP contribution in [0.25, 0.3) is 21.8 Å². The lowest BCUT2D eigenvalue weighted by Gasteiger charge is -2.10. The van der Waals surface area contributed by atoms with E-state index in [4.69, 9.17) is 9.47 Å². The van der Waals surface area contributed by atoms with Gasteiger partial charge in [-0.1, -0.05) is 6.07 Å². The van der Waals surface area contributed by atoms with E-state index in [-0.39, 0.29) is 11.3 Å². The van der Waals surface area contributed by atoms with E-state index < -0.39 is 11.6 Å². The van der Waals surface area contributed by atoms with Crippen molar-refractivity contribution >= 4 is 11.3 Å². The van der Waals surface area contributed by atoms with Crippen LogP contribution in [0.4, 0.5) is 8.78 Å². The van der Waals surface area contributed by atoms with Crippen molar-refractivity contribution < 1.29 is 18.3 Å². The molecule has 0 N–H and O–H groups in total. The summed E-state index contributed by atoms with van der Waals surface area (Å²) >= 11 is 1.31. The number of nitrogens with zero attached hydrogens (tertiary/aromatic N) is 1. The first kappa shape index (κ1) is 16.4. The first-order chi connectivity index (χ1) is 11.6. The molecular weight excluding hydrogens is 332 g/mol. The number of hydrogen-bond donors (Lipinski definition) is 0. The fourth-order valence-corrected chi connectivity index (χ4v) is 3.15. The third-order valence-corrected chi connectivity index (χ3v) is 4.32. The highest BCUT2D eigenvalue weighted by atomic mass is 32.1. The maximum Gasteiger partial charge on any atom is 0.161 e. The standard InChI is InChI=1S/C18H15F2NO2S/c1-3-23-15-8-7-11(9-16(15)22-2)18-21-14(10-24-18)17-12(19)5-4-6-13(17)20/h4-10H,3H2,1-2H3. The molecule has 1 aromatic heterocycles. The predicted octanol–water partition coefficient (Wildman–Crippen LogP) is 5.16. The summed E-state index contributed by atoms with van der Waals surface area (Å²) in [5, 5.41) is 2.29. The first-order valence-corrected chi connectivity index (χ1v) is 8.23. The van der Waals surface area contributed by atoms with Gasteiger partial charge in [0.25, 0.3) is 0 Å². The van der Waals surface area contributed by atoms with Crippen LogP contribution in [0, 0.1) is 11.6 Å². The van der Waals surface area contributed by atoms with Crippen LogP contribution in [0.2, 0.25) is 0 Å². The Hall–Kier alpha value is -2.47. The molecule has 0 bridgehead atoms. The molecule has 0 atom stereocenters. The van der Waals surface area contributed by atoms with Gasteiger partial charge in [-0.2, -0.15) is 0 Å². The summed E-state index contributed by atoms with van der Waals surface area (Å²) in [4.78, 5) is 4.37. The highest BCUT2D eigenvalue weighted by Gasteiger charge is 2.16. The van der Waals surface area contributed by atoms with Crippen LogP contribution in [0.15, 0.2) is 41.8 Å². The van der Waals surface area contributed by atoms with Crippen molar-refractivity contribution in [2.45, 2.75) is 6.92 Å². The average Bonchev–Trinajstić information content (AvgIpc) is 3.05. The number of thiazole rings is 1. The molecule has 0 radical (unpaired) electrons. The van der Waals surface area contributed by atoms with E-state index >= 15 is 0 Å². The molecule has 3 rings (SSSR count). The van der Waals surface area contributed by atoms with Crippen molar-refractivity contribution in [2.75, 3.05) is 13.7 Å². The fourth-order valence-electron chi connectivity index (χ4n) is 2.34. The second kappa shape index (κ2) is 6.97. The van der Waals surface area contributed by atoms with Crippen molar-refractivity contribution in [1.29, 1.82) is 0 Å². The lowest BCUT2D eigenvalue weighted by atomic mass is 10.1. The molecule has 0 saturated heterocycles. The lowest BCUT2D eigenvalue weighted by molar-refractivity contribution is 0.311. The lowest BCUT2D eigenvalue weighted by Crippen LogP contribution is -1.95. The Bertz CT molecular complexity index is 844. The topological polar surface area (TPSA) is 31.4 Å². The molecule has 0 spiro atoms. The maximum absolute atomic E-state index is 13.9. The van der Waals surface area contributed by atoms with Gasteiger partial charge in [-0.15, -0.1) is 11.3 Å². The van der Waals surface area contributed by atoms with Crippen LogP contribution >= 0.6 is 11.3 Å². The predicted molar refractivity (Wildman–Crippen MR) is 90.6 cm³/mol. The molecule has 1 heterocycles. The average molecular weight is 347 g/mol. The molecule has 3 nitrogen and oxygen atoms in total. The summed E-state index contributed by atoms with van der Waals surface area (Å²) in [7, 11) is 1.56. The minimum atomic E-state index is -0.629. The van der Waals surface area contributed by atoms with Gasteiger partial charge in [0.15, 0.2) is 11.5 Å². The van der Waals surface area contributed by atoms with Gasteiger partial charge in [0.05, 0.1) is 25.0 Å². The molecular formula is C18H15F2NO2S. The third-order valence-electron chi connectivity index (χ3n) is 3.43. The summed E-state index contributed by atoms with van der Waals surface area (Å²) < 4.78 is 38.6. The summed E-state index contributed by atoms with van der Waals surface area (Å²) in [5.74, 6) is -0.0314. The quantitative estimate of drug-likeness (QED) is 0.639. The van der Waals surface area contributed by atoms with Crippen LogP contribution in [0.1, 0.15) is 6.92 Å². The van der Waals surface area contributed by atoms with E-state index in [0.717, 1.165) is 5.56 Å². The Morgan fingerprint density at radius 1 is 1.08 bits per heavy atom. The van der Waals surface area contributed by atoms with E-state index in [1.54, 1.807) is 24.6 Å². The van der Waals surface area contributed by atoms with E-state index in [1.165, 1.54) is 29.5 Å². The zero-order valence-electron chi connectivity index (χ0n) is 13.2. The molecule has 0 aliphatic rings. The van der Waals surface area contributed by atoms with Crippen molar-refractivity contribution in [3.63, 3.8) is 0 Å².